The molecule has 0 bridgehead atoms. The van der Waals surface area contributed by atoms with Gasteiger partial charge in [0.2, 0.25) is 0 Å². The van der Waals surface area contributed by atoms with Gasteiger partial charge in [0, 0.05) is 33.5 Å². The van der Waals surface area contributed by atoms with E-state index in [1.807, 2.05) is 18.2 Å². The standard InChI is InChI=1S/C14H11ClN2OS/c15-13-3-1-11(2-4-13)9-19(18)10-12-5-6-17-14(7-12)8-16/h1-7H,9-10H2. The van der Waals surface area contributed by atoms with E-state index in [1.165, 1.54) is 0 Å². The smallest absolute Gasteiger partial charge is 0.140 e. The van der Waals surface area contributed by atoms with E-state index in [1.54, 1.807) is 30.5 Å². The van der Waals surface area contributed by atoms with E-state index >= 15 is 0 Å². The molecule has 0 aliphatic heterocycles. The van der Waals surface area contributed by atoms with Gasteiger partial charge in [-0.25, -0.2) is 4.98 Å². The van der Waals surface area contributed by atoms with Crippen LogP contribution < -0.4 is 0 Å². The van der Waals surface area contributed by atoms with Crippen molar-refractivity contribution in [2.24, 2.45) is 0 Å². The molecule has 0 N–H and O–H groups in total. The molecule has 1 unspecified atom stereocenters. The van der Waals surface area contributed by atoms with Crippen molar-refractivity contribution < 1.29 is 4.21 Å². The third-order valence-corrected chi connectivity index (χ3v) is 4.07. The SMILES string of the molecule is N#Cc1cc(CS(=O)Cc2ccc(Cl)cc2)ccn1. The summed E-state index contributed by atoms with van der Waals surface area (Å²) in [5, 5.41) is 9.43. The molecule has 5 heteroatoms. The Balaban J connectivity index is 2.01. The van der Waals surface area contributed by atoms with Crippen molar-refractivity contribution in [1.82, 2.24) is 4.98 Å². The van der Waals surface area contributed by atoms with Crippen molar-refractivity contribution >= 4 is 22.4 Å². The summed E-state index contributed by atoms with van der Waals surface area (Å²) in [5.74, 6) is 0.890. The van der Waals surface area contributed by atoms with Crippen LogP contribution in [0.4, 0.5) is 0 Å². The highest BCUT2D eigenvalue weighted by Crippen LogP contribution is 2.13. The molecule has 3 nitrogen and oxygen atoms in total. The Bertz CT molecular complexity index is 635. The molecule has 0 radical (unpaired) electrons. The van der Waals surface area contributed by atoms with Crippen LogP contribution in [0.1, 0.15) is 16.8 Å². The van der Waals surface area contributed by atoms with Crippen molar-refractivity contribution in [2.45, 2.75) is 11.5 Å². The third kappa shape index (κ3) is 4.16. The van der Waals surface area contributed by atoms with Crippen molar-refractivity contribution in [3.63, 3.8) is 0 Å². The molecule has 19 heavy (non-hydrogen) atoms. The lowest BCUT2D eigenvalue weighted by Gasteiger charge is -2.03. The molecule has 0 fully saturated rings. The summed E-state index contributed by atoms with van der Waals surface area (Å²) in [6.07, 6.45) is 1.56. The van der Waals surface area contributed by atoms with E-state index < -0.39 is 10.8 Å². The van der Waals surface area contributed by atoms with Crippen LogP contribution in [0.2, 0.25) is 5.02 Å². The minimum absolute atomic E-state index is 0.348. The Morgan fingerprint density at radius 1 is 1.16 bits per heavy atom. The van der Waals surface area contributed by atoms with Crippen LogP contribution in [0.3, 0.4) is 0 Å². The van der Waals surface area contributed by atoms with Crippen molar-refractivity contribution in [2.75, 3.05) is 0 Å². The quantitative estimate of drug-likeness (QED) is 0.869. The first kappa shape index (κ1) is 13.7. The molecule has 0 saturated carbocycles. The monoisotopic (exact) mass is 290 g/mol. The van der Waals surface area contributed by atoms with E-state index in [0.717, 1.165) is 11.1 Å². The highest BCUT2D eigenvalue weighted by Gasteiger charge is 2.05. The molecule has 0 aliphatic rings. The average Bonchev–Trinajstić information content (AvgIpc) is 2.41. The number of benzene rings is 1. The van der Waals surface area contributed by atoms with Crippen LogP contribution in [-0.4, -0.2) is 9.19 Å². The summed E-state index contributed by atoms with van der Waals surface area (Å²) in [6, 6.07) is 12.7. The fourth-order valence-electron chi connectivity index (χ4n) is 1.63. The van der Waals surface area contributed by atoms with Crippen molar-refractivity contribution in [3.8, 4) is 6.07 Å². The fourth-order valence-corrected chi connectivity index (χ4v) is 2.97. The molecule has 0 amide bonds. The second-order valence-corrected chi connectivity index (χ2v) is 5.91. The van der Waals surface area contributed by atoms with E-state index in [-0.39, 0.29) is 0 Å². The van der Waals surface area contributed by atoms with Gasteiger partial charge in [-0.1, -0.05) is 23.7 Å². The van der Waals surface area contributed by atoms with Crippen LogP contribution in [0.5, 0.6) is 0 Å². The van der Waals surface area contributed by atoms with Gasteiger partial charge in [0.15, 0.2) is 0 Å². The molecule has 1 atom stereocenters. The van der Waals surface area contributed by atoms with Gasteiger partial charge >= 0.3 is 0 Å². The van der Waals surface area contributed by atoms with Gasteiger partial charge in [-0.3, -0.25) is 4.21 Å². The molecule has 96 valence electrons. The summed E-state index contributed by atoms with van der Waals surface area (Å²) in [6.45, 7) is 0. The Morgan fingerprint density at radius 3 is 2.53 bits per heavy atom. The number of hydrogen-bond donors (Lipinski definition) is 0. The van der Waals surface area contributed by atoms with Crippen molar-refractivity contribution in [1.29, 1.82) is 5.26 Å². The van der Waals surface area contributed by atoms with Crippen LogP contribution >= 0.6 is 11.6 Å². The maximum absolute atomic E-state index is 12.0. The van der Waals surface area contributed by atoms with Crippen molar-refractivity contribution in [3.05, 3.63) is 64.4 Å². The highest BCUT2D eigenvalue weighted by molar-refractivity contribution is 7.83. The van der Waals surface area contributed by atoms with E-state index in [4.69, 9.17) is 16.9 Å². The predicted molar refractivity (Wildman–Crippen MR) is 76.0 cm³/mol. The molecule has 0 saturated heterocycles. The van der Waals surface area contributed by atoms with E-state index in [0.29, 0.717) is 22.2 Å². The summed E-state index contributed by atoms with van der Waals surface area (Å²) in [4.78, 5) is 3.88. The maximum atomic E-state index is 12.0. The zero-order valence-electron chi connectivity index (χ0n) is 10.0. The molecule has 2 rings (SSSR count). The lowest BCUT2D eigenvalue weighted by atomic mass is 10.2. The Labute approximate surface area is 119 Å². The highest BCUT2D eigenvalue weighted by atomic mass is 35.5. The van der Waals surface area contributed by atoms with Gasteiger partial charge in [-0.15, -0.1) is 0 Å². The molecular formula is C14H11ClN2OS. The lowest BCUT2D eigenvalue weighted by Crippen LogP contribution is -2.00. The Kier molecular flexibility index (Phi) is 4.67. The summed E-state index contributed by atoms with van der Waals surface area (Å²) < 4.78 is 12.0. The predicted octanol–water partition coefficient (Wildman–Crippen LogP) is 3.06. The largest absolute Gasteiger partial charge is 0.259 e. The minimum Gasteiger partial charge on any atom is -0.259 e. The molecule has 1 aromatic heterocycles. The van der Waals surface area contributed by atoms with Gasteiger partial charge in [0.05, 0.1) is 0 Å². The van der Waals surface area contributed by atoms with Crippen LogP contribution in [0.25, 0.3) is 0 Å². The van der Waals surface area contributed by atoms with Crippen LogP contribution in [-0.2, 0) is 22.3 Å². The maximum Gasteiger partial charge on any atom is 0.140 e. The second-order valence-electron chi connectivity index (χ2n) is 4.02. The first-order valence-corrected chi connectivity index (χ1v) is 7.48. The molecule has 2 aromatic rings. The van der Waals surface area contributed by atoms with Gasteiger partial charge in [0.25, 0.3) is 0 Å². The molecule has 1 heterocycles. The van der Waals surface area contributed by atoms with Crippen LogP contribution in [0.15, 0.2) is 42.6 Å². The fraction of sp³-hybridized carbons (Fsp3) is 0.143. The molecule has 0 aliphatic carbocycles. The van der Waals surface area contributed by atoms with Gasteiger partial charge < -0.3 is 0 Å². The number of rotatable bonds is 4. The number of pyridine rings is 1. The first-order chi connectivity index (χ1) is 9.17. The van der Waals surface area contributed by atoms with E-state index in [9.17, 15) is 4.21 Å². The number of aromatic nitrogens is 1. The molecule has 1 aromatic carbocycles. The summed E-state index contributed by atoms with van der Waals surface area (Å²) >= 11 is 5.80. The van der Waals surface area contributed by atoms with Gasteiger partial charge in [-0.2, -0.15) is 5.26 Å². The van der Waals surface area contributed by atoms with Gasteiger partial charge in [-0.05, 0) is 35.4 Å². The Morgan fingerprint density at radius 2 is 1.84 bits per heavy atom. The number of hydrogen-bond acceptors (Lipinski definition) is 3. The average molecular weight is 291 g/mol. The zero-order chi connectivity index (χ0) is 13.7. The first-order valence-electron chi connectivity index (χ1n) is 5.62. The second kappa shape index (κ2) is 6.46. The zero-order valence-corrected chi connectivity index (χ0v) is 11.6. The number of nitriles is 1. The van der Waals surface area contributed by atoms with Gasteiger partial charge in [0.1, 0.15) is 11.8 Å². The molecule has 0 spiro atoms. The topological polar surface area (TPSA) is 53.8 Å². The number of nitrogens with zero attached hydrogens (tertiary/aromatic N) is 2. The summed E-state index contributed by atoms with van der Waals surface area (Å²) in [5.41, 5.74) is 2.19. The minimum atomic E-state index is -1.02. The summed E-state index contributed by atoms with van der Waals surface area (Å²) in [7, 11) is -1.02. The Hall–Kier alpha value is -1.70. The number of halogens is 1. The normalized spacial score (nSPS) is 11.8. The van der Waals surface area contributed by atoms with E-state index in [2.05, 4.69) is 4.98 Å². The lowest BCUT2D eigenvalue weighted by molar-refractivity contribution is 0.682. The van der Waals surface area contributed by atoms with Crippen LogP contribution in [0, 0.1) is 11.3 Å². The third-order valence-electron chi connectivity index (χ3n) is 2.51. The molecular weight excluding hydrogens is 280 g/mol.